The van der Waals surface area contributed by atoms with Crippen molar-refractivity contribution >= 4 is 5.97 Å². The van der Waals surface area contributed by atoms with Crippen molar-refractivity contribution in [3.63, 3.8) is 0 Å². The van der Waals surface area contributed by atoms with Crippen molar-refractivity contribution in [1.82, 2.24) is 0 Å². The Bertz CT molecular complexity index is 152. The molecule has 64 valence electrons. The van der Waals surface area contributed by atoms with E-state index in [2.05, 4.69) is 20.8 Å². The molecule has 0 spiro atoms. The second-order valence-electron chi connectivity index (χ2n) is 3.71. The van der Waals surface area contributed by atoms with Crippen LogP contribution in [0.15, 0.2) is 0 Å². The van der Waals surface area contributed by atoms with Crippen LogP contribution in [0.25, 0.3) is 0 Å². The first kappa shape index (κ1) is 8.57. The molecule has 0 aromatic rings. The zero-order valence-corrected chi connectivity index (χ0v) is 7.46. The third kappa shape index (κ3) is 1.95. The molecule has 1 rings (SSSR count). The highest BCUT2D eigenvalue weighted by atomic mass is 16.5. The minimum Gasteiger partial charge on any atom is -0.462 e. The lowest BCUT2D eigenvalue weighted by Gasteiger charge is -2.31. The molecule has 2 nitrogen and oxygen atoms in total. The Labute approximate surface area is 67.9 Å². The van der Waals surface area contributed by atoms with E-state index in [9.17, 15) is 4.79 Å². The summed E-state index contributed by atoms with van der Waals surface area (Å²) >= 11 is 0. The standard InChI is InChI=1S/C9H16O2/c1-6(2)9-7(3)4-5-8(10)11-9/h6-7,9H,4-5H2,1-3H3. The van der Waals surface area contributed by atoms with Gasteiger partial charge in [0.05, 0.1) is 0 Å². The summed E-state index contributed by atoms with van der Waals surface area (Å²) in [6, 6.07) is 0. The molecule has 1 saturated heterocycles. The van der Waals surface area contributed by atoms with Crippen LogP contribution in [-0.2, 0) is 9.53 Å². The third-order valence-corrected chi connectivity index (χ3v) is 2.29. The van der Waals surface area contributed by atoms with E-state index >= 15 is 0 Å². The predicted octanol–water partition coefficient (Wildman–Crippen LogP) is 1.98. The van der Waals surface area contributed by atoms with Crippen LogP contribution in [0.4, 0.5) is 0 Å². The fourth-order valence-electron chi connectivity index (χ4n) is 1.63. The highest BCUT2D eigenvalue weighted by molar-refractivity contribution is 5.70. The summed E-state index contributed by atoms with van der Waals surface area (Å²) in [4.78, 5) is 10.9. The van der Waals surface area contributed by atoms with Crippen molar-refractivity contribution in [1.29, 1.82) is 0 Å². The lowest BCUT2D eigenvalue weighted by Crippen LogP contribution is -2.34. The number of hydrogen-bond acceptors (Lipinski definition) is 2. The van der Waals surface area contributed by atoms with E-state index in [-0.39, 0.29) is 12.1 Å². The Morgan fingerprint density at radius 1 is 1.55 bits per heavy atom. The zero-order valence-electron chi connectivity index (χ0n) is 7.46. The van der Waals surface area contributed by atoms with Crippen LogP contribution in [-0.4, -0.2) is 12.1 Å². The first-order valence-electron chi connectivity index (χ1n) is 4.30. The first-order chi connectivity index (χ1) is 5.11. The molecule has 0 amide bonds. The van der Waals surface area contributed by atoms with Crippen LogP contribution in [0, 0.1) is 11.8 Å². The van der Waals surface area contributed by atoms with Crippen molar-refractivity contribution in [3.8, 4) is 0 Å². The van der Waals surface area contributed by atoms with Crippen molar-refractivity contribution in [3.05, 3.63) is 0 Å². The highest BCUT2D eigenvalue weighted by Gasteiger charge is 2.29. The van der Waals surface area contributed by atoms with Crippen molar-refractivity contribution in [2.45, 2.75) is 39.7 Å². The maximum atomic E-state index is 10.9. The molecule has 0 aromatic carbocycles. The molecule has 0 aliphatic carbocycles. The molecule has 0 aromatic heterocycles. The second kappa shape index (κ2) is 3.24. The Morgan fingerprint density at radius 2 is 2.18 bits per heavy atom. The van der Waals surface area contributed by atoms with Crippen LogP contribution in [0.3, 0.4) is 0 Å². The minimum absolute atomic E-state index is 0.0261. The molecule has 1 fully saturated rings. The number of esters is 1. The van der Waals surface area contributed by atoms with Gasteiger partial charge in [0.1, 0.15) is 6.10 Å². The molecular formula is C9H16O2. The smallest absolute Gasteiger partial charge is 0.306 e. The van der Waals surface area contributed by atoms with Crippen LogP contribution in [0.1, 0.15) is 33.6 Å². The summed E-state index contributed by atoms with van der Waals surface area (Å²) in [5.74, 6) is 0.962. The fourth-order valence-corrected chi connectivity index (χ4v) is 1.63. The van der Waals surface area contributed by atoms with Gasteiger partial charge in [-0.2, -0.15) is 0 Å². The number of cyclic esters (lactones) is 1. The zero-order chi connectivity index (χ0) is 8.43. The van der Waals surface area contributed by atoms with Gasteiger partial charge in [-0.3, -0.25) is 4.79 Å². The van der Waals surface area contributed by atoms with E-state index in [1.54, 1.807) is 0 Å². The van der Waals surface area contributed by atoms with E-state index in [1.165, 1.54) is 0 Å². The first-order valence-corrected chi connectivity index (χ1v) is 4.30. The SMILES string of the molecule is CC(C)C1OC(=O)CCC1C. The summed E-state index contributed by atoms with van der Waals surface area (Å²) in [5.41, 5.74) is 0. The van der Waals surface area contributed by atoms with E-state index in [0.29, 0.717) is 18.3 Å². The van der Waals surface area contributed by atoms with E-state index in [1.807, 2.05) is 0 Å². The van der Waals surface area contributed by atoms with E-state index in [0.717, 1.165) is 6.42 Å². The largest absolute Gasteiger partial charge is 0.462 e. The fraction of sp³-hybridized carbons (Fsp3) is 0.889. The van der Waals surface area contributed by atoms with Crippen LogP contribution in [0.5, 0.6) is 0 Å². The molecule has 1 aliphatic heterocycles. The number of carbonyl (C=O) groups is 1. The Hall–Kier alpha value is -0.530. The van der Waals surface area contributed by atoms with Crippen molar-refractivity contribution in [2.75, 3.05) is 0 Å². The molecule has 0 N–H and O–H groups in total. The van der Waals surface area contributed by atoms with Gasteiger partial charge in [0.15, 0.2) is 0 Å². The minimum atomic E-state index is -0.0261. The van der Waals surface area contributed by atoms with Crippen LogP contribution < -0.4 is 0 Å². The number of hydrogen-bond donors (Lipinski definition) is 0. The second-order valence-corrected chi connectivity index (χ2v) is 3.71. The van der Waals surface area contributed by atoms with Crippen molar-refractivity contribution < 1.29 is 9.53 Å². The Kier molecular flexibility index (Phi) is 2.53. The molecule has 1 heterocycles. The molecule has 2 atom stereocenters. The Morgan fingerprint density at radius 3 is 2.64 bits per heavy atom. The van der Waals surface area contributed by atoms with Gasteiger partial charge < -0.3 is 4.74 Å². The van der Waals surface area contributed by atoms with Gasteiger partial charge >= 0.3 is 5.97 Å². The molecule has 0 saturated carbocycles. The average molecular weight is 156 g/mol. The van der Waals surface area contributed by atoms with E-state index < -0.39 is 0 Å². The van der Waals surface area contributed by atoms with Gasteiger partial charge in [-0.25, -0.2) is 0 Å². The quantitative estimate of drug-likeness (QED) is 0.543. The molecule has 1 aliphatic rings. The number of carbonyl (C=O) groups excluding carboxylic acids is 1. The Balaban J connectivity index is 2.54. The summed E-state index contributed by atoms with van der Waals surface area (Å²) in [5, 5.41) is 0. The lowest BCUT2D eigenvalue weighted by molar-refractivity contribution is -0.161. The van der Waals surface area contributed by atoms with E-state index in [4.69, 9.17) is 4.74 Å². The summed E-state index contributed by atoms with van der Waals surface area (Å²) in [6.45, 7) is 6.34. The molecule has 11 heavy (non-hydrogen) atoms. The molecule has 0 radical (unpaired) electrons. The highest BCUT2D eigenvalue weighted by Crippen LogP contribution is 2.25. The van der Waals surface area contributed by atoms with Crippen LogP contribution >= 0.6 is 0 Å². The summed E-state index contributed by atoms with van der Waals surface area (Å²) in [7, 11) is 0. The predicted molar refractivity (Wildman–Crippen MR) is 43.1 cm³/mol. The maximum absolute atomic E-state index is 10.9. The summed E-state index contributed by atoms with van der Waals surface area (Å²) < 4.78 is 5.22. The lowest BCUT2D eigenvalue weighted by atomic mass is 9.89. The monoisotopic (exact) mass is 156 g/mol. The molecule has 2 heteroatoms. The molecule has 0 bridgehead atoms. The topological polar surface area (TPSA) is 26.3 Å². The molecular weight excluding hydrogens is 140 g/mol. The van der Waals surface area contributed by atoms with Gasteiger partial charge in [0.25, 0.3) is 0 Å². The average Bonchev–Trinajstić information content (AvgIpc) is 1.94. The summed E-state index contributed by atoms with van der Waals surface area (Å²) in [6.07, 6.45) is 1.74. The molecule has 2 unspecified atom stereocenters. The van der Waals surface area contributed by atoms with Gasteiger partial charge in [-0.15, -0.1) is 0 Å². The van der Waals surface area contributed by atoms with Gasteiger partial charge in [-0.05, 0) is 18.3 Å². The van der Waals surface area contributed by atoms with Gasteiger partial charge in [0, 0.05) is 6.42 Å². The third-order valence-electron chi connectivity index (χ3n) is 2.29. The number of rotatable bonds is 1. The maximum Gasteiger partial charge on any atom is 0.306 e. The normalized spacial score (nSPS) is 32.2. The van der Waals surface area contributed by atoms with Crippen molar-refractivity contribution in [2.24, 2.45) is 11.8 Å². The van der Waals surface area contributed by atoms with Gasteiger partial charge in [-0.1, -0.05) is 20.8 Å². The van der Waals surface area contributed by atoms with Crippen LogP contribution in [0.2, 0.25) is 0 Å². The number of ether oxygens (including phenoxy) is 1. The van der Waals surface area contributed by atoms with Gasteiger partial charge in [0.2, 0.25) is 0 Å².